The number of hydrogen-bond donors (Lipinski definition) is 1. The Labute approximate surface area is 143 Å². The number of hydrogen-bond acceptors (Lipinski definition) is 3. The molecule has 120 valence electrons. The van der Waals surface area contributed by atoms with E-state index in [2.05, 4.69) is 10.3 Å². The Morgan fingerprint density at radius 2 is 2.00 bits per heavy atom. The summed E-state index contributed by atoms with van der Waals surface area (Å²) in [6.07, 6.45) is 1.66. The average molecular weight is 340 g/mol. The predicted octanol–water partition coefficient (Wildman–Crippen LogP) is 3.35. The normalized spacial score (nSPS) is 12.0. The van der Waals surface area contributed by atoms with Crippen molar-refractivity contribution >= 4 is 17.5 Å². The van der Waals surface area contributed by atoms with Crippen molar-refractivity contribution in [3.8, 4) is 11.4 Å². The highest BCUT2D eigenvalue weighted by molar-refractivity contribution is 6.30. The van der Waals surface area contributed by atoms with Crippen molar-refractivity contribution in [2.75, 3.05) is 0 Å². The Morgan fingerprint density at radius 3 is 2.83 bits per heavy atom. The number of amides is 1. The third-order valence-electron chi connectivity index (χ3n) is 3.94. The number of halogens is 1. The van der Waals surface area contributed by atoms with Gasteiger partial charge in [0.2, 0.25) is 0 Å². The van der Waals surface area contributed by atoms with E-state index in [-0.39, 0.29) is 5.91 Å². The first-order valence-electron chi connectivity index (χ1n) is 7.53. The van der Waals surface area contributed by atoms with Crippen molar-refractivity contribution in [2.45, 2.75) is 13.2 Å². The number of imidazole rings is 1. The number of benzene rings is 2. The highest BCUT2D eigenvalue weighted by Gasteiger charge is 2.24. The van der Waals surface area contributed by atoms with Crippen LogP contribution in [0.1, 0.15) is 21.7 Å². The molecule has 24 heavy (non-hydrogen) atoms. The molecule has 0 bridgehead atoms. The molecule has 0 radical (unpaired) electrons. The number of fused-ring (bicyclic) bond motifs is 3. The summed E-state index contributed by atoms with van der Waals surface area (Å²) in [5, 5.41) is 3.55. The molecule has 0 fully saturated rings. The first kappa shape index (κ1) is 14.8. The number of aromatic nitrogens is 2. The minimum atomic E-state index is -0.221. The molecule has 0 saturated heterocycles. The van der Waals surface area contributed by atoms with E-state index in [0.717, 1.165) is 22.7 Å². The van der Waals surface area contributed by atoms with Gasteiger partial charge in [-0.3, -0.25) is 9.36 Å². The zero-order valence-electron chi connectivity index (χ0n) is 12.7. The number of carbonyl (C=O) groups is 1. The zero-order chi connectivity index (χ0) is 16.5. The molecular weight excluding hydrogens is 326 g/mol. The maximum atomic E-state index is 12.5. The van der Waals surface area contributed by atoms with Crippen LogP contribution in [0.3, 0.4) is 0 Å². The summed E-state index contributed by atoms with van der Waals surface area (Å²) >= 11 is 5.86. The van der Waals surface area contributed by atoms with Gasteiger partial charge in [-0.05, 0) is 29.8 Å². The van der Waals surface area contributed by atoms with Crippen molar-refractivity contribution in [2.24, 2.45) is 0 Å². The number of para-hydroxylation sites is 2. The number of ether oxygens (including phenoxy) is 1. The molecule has 0 atom stereocenters. The zero-order valence-corrected chi connectivity index (χ0v) is 13.5. The van der Waals surface area contributed by atoms with Crippen LogP contribution in [0.15, 0.2) is 54.9 Å². The van der Waals surface area contributed by atoms with Gasteiger partial charge in [0.05, 0.1) is 11.4 Å². The van der Waals surface area contributed by atoms with Crippen molar-refractivity contribution in [3.05, 3.63) is 76.8 Å². The van der Waals surface area contributed by atoms with E-state index in [9.17, 15) is 4.79 Å². The number of carbonyl (C=O) groups excluding carboxylic acids is 1. The average Bonchev–Trinajstić information content (AvgIpc) is 3.05. The summed E-state index contributed by atoms with van der Waals surface area (Å²) in [7, 11) is 0. The van der Waals surface area contributed by atoms with Crippen molar-refractivity contribution in [1.82, 2.24) is 14.9 Å². The molecule has 2 heterocycles. The Hall–Kier alpha value is -2.79. The minimum absolute atomic E-state index is 0.221. The maximum Gasteiger partial charge on any atom is 0.272 e. The summed E-state index contributed by atoms with van der Waals surface area (Å²) in [4.78, 5) is 16.7. The van der Waals surface area contributed by atoms with Gasteiger partial charge in [-0.25, -0.2) is 4.98 Å². The van der Waals surface area contributed by atoms with Gasteiger partial charge in [0.15, 0.2) is 5.69 Å². The summed E-state index contributed by atoms with van der Waals surface area (Å²) < 4.78 is 7.62. The summed E-state index contributed by atoms with van der Waals surface area (Å²) in [5.74, 6) is 0.567. The van der Waals surface area contributed by atoms with Crippen LogP contribution in [0.25, 0.3) is 5.69 Å². The molecule has 1 aromatic heterocycles. The molecule has 1 aliphatic heterocycles. The molecule has 1 N–H and O–H groups in total. The highest BCUT2D eigenvalue weighted by atomic mass is 35.5. The predicted molar refractivity (Wildman–Crippen MR) is 90.5 cm³/mol. The van der Waals surface area contributed by atoms with Crippen LogP contribution in [-0.4, -0.2) is 15.5 Å². The van der Waals surface area contributed by atoms with Gasteiger partial charge in [-0.15, -0.1) is 0 Å². The highest BCUT2D eigenvalue weighted by Crippen LogP contribution is 2.30. The third kappa shape index (κ3) is 2.63. The molecule has 0 aliphatic carbocycles. The fourth-order valence-corrected chi connectivity index (χ4v) is 2.83. The van der Waals surface area contributed by atoms with E-state index < -0.39 is 0 Å². The molecule has 0 unspecified atom stereocenters. The lowest BCUT2D eigenvalue weighted by Crippen LogP contribution is -2.25. The number of nitrogens with one attached hydrogen (secondary N) is 1. The summed E-state index contributed by atoms with van der Waals surface area (Å²) in [6, 6.07) is 15.0. The lowest BCUT2D eigenvalue weighted by molar-refractivity contribution is 0.0943. The SMILES string of the molecule is O=C(NCc1ccc(Cl)cc1)c1ncn2c1COc1ccccc1-2. The molecule has 4 rings (SSSR count). The largest absolute Gasteiger partial charge is 0.485 e. The lowest BCUT2D eigenvalue weighted by Gasteiger charge is -2.20. The Balaban J connectivity index is 1.55. The van der Waals surface area contributed by atoms with E-state index in [1.54, 1.807) is 18.5 Å². The fraction of sp³-hybridized carbons (Fsp3) is 0.111. The second-order valence-electron chi connectivity index (χ2n) is 5.48. The second-order valence-corrected chi connectivity index (χ2v) is 5.91. The summed E-state index contributed by atoms with van der Waals surface area (Å²) in [5.41, 5.74) is 3.01. The van der Waals surface area contributed by atoms with Crippen LogP contribution < -0.4 is 10.1 Å². The van der Waals surface area contributed by atoms with Gasteiger partial charge >= 0.3 is 0 Å². The van der Waals surface area contributed by atoms with E-state index >= 15 is 0 Å². The summed E-state index contributed by atoms with van der Waals surface area (Å²) in [6.45, 7) is 0.737. The van der Waals surface area contributed by atoms with Crippen molar-refractivity contribution < 1.29 is 9.53 Å². The number of nitrogens with zero attached hydrogens (tertiary/aromatic N) is 2. The van der Waals surface area contributed by atoms with Crippen LogP contribution in [0, 0.1) is 0 Å². The molecule has 5 nitrogen and oxygen atoms in total. The van der Waals surface area contributed by atoms with Crippen molar-refractivity contribution in [1.29, 1.82) is 0 Å². The molecule has 2 aromatic carbocycles. The molecule has 6 heteroatoms. The molecule has 3 aromatic rings. The Kier molecular flexibility index (Phi) is 3.70. The van der Waals surface area contributed by atoms with Crippen LogP contribution in [0.4, 0.5) is 0 Å². The smallest absolute Gasteiger partial charge is 0.272 e. The quantitative estimate of drug-likeness (QED) is 0.796. The third-order valence-corrected chi connectivity index (χ3v) is 4.19. The van der Waals surface area contributed by atoms with E-state index in [1.165, 1.54) is 0 Å². The monoisotopic (exact) mass is 339 g/mol. The molecule has 0 saturated carbocycles. The van der Waals surface area contributed by atoms with E-state index in [4.69, 9.17) is 16.3 Å². The van der Waals surface area contributed by atoms with E-state index in [0.29, 0.717) is 23.9 Å². The van der Waals surface area contributed by atoms with Gasteiger partial charge < -0.3 is 10.1 Å². The number of rotatable bonds is 3. The second kappa shape index (κ2) is 6.02. The maximum absolute atomic E-state index is 12.5. The fourth-order valence-electron chi connectivity index (χ4n) is 2.70. The van der Waals surface area contributed by atoms with Gasteiger partial charge in [0.25, 0.3) is 5.91 Å². The first-order valence-corrected chi connectivity index (χ1v) is 7.91. The van der Waals surface area contributed by atoms with Gasteiger partial charge in [-0.2, -0.15) is 0 Å². The van der Waals surface area contributed by atoms with Crippen molar-refractivity contribution in [3.63, 3.8) is 0 Å². The van der Waals surface area contributed by atoms with Gasteiger partial charge in [0, 0.05) is 11.6 Å². The Morgan fingerprint density at radius 1 is 1.21 bits per heavy atom. The van der Waals surface area contributed by atoms with Gasteiger partial charge in [0.1, 0.15) is 18.7 Å². The lowest BCUT2D eigenvalue weighted by atomic mass is 10.2. The van der Waals surface area contributed by atoms with E-state index in [1.807, 2.05) is 41.0 Å². The molecule has 0 spiro atoms. The Bertz CT molecular complexity index is 903. The van der Waals surface area contributed by atoms with Crippen LogP contribution in [0.5, 0.6) is 5.75 Å². The molecular formula is C18H14ClN3O2. The van der Waals surface area contributed by atoms with Crippen LogP contribution in [0.2, 0.25) is 5.02 Å². The minimum Gasteiger partial charge on any atom is -0.485 e. The standard InChI is InChI=1S/C18H14ClN3O2/c19-13-7-5-12(6-8-13)9-20-18(23)17-15-10-24-16-4-2-1-3-14(16)22(15)11-21-17/h1-8,11H,9-10H2,(H,20,23). The first-order chi connectivity index (χ1) is 11.7. The molecule has 1 aliphatic rings. The van der Waals surface area contributed by atoms with Crippen LogP contribution >= 0.6 is 11.6 Å². The van der Waals surface area contributed by atoms with Gasteiger partial charge in [-0.1, -0.05) is 35.9 Å². The van der Waals surface area contributed by atoms with Crippen LogP contribution in [-0.2, 0) is 13.2 Å². The molecule has 1 amide bonds. The topological polar surface area (TPSA) is 56.2 Å².